The summed E-state index contributed by atoms with van der Waals surface area (Å²) in [7, 11) is 0. The van der Waals surface area contributed by atoms with Crippen LogP contribution in [0.2, 0.25) is 0 Å². The van der Waals surface area contributed by atoms with Gasteiger partial charge in [-0.2, -0.15) is 0 Å². The minimum Gasteiger partial charge on any atom is -0.358 e. The number of fused-ring (bicyclic) bond motifs is 1. The third-order valence-electron chi connectivity index (χ3n) is 2.76. The zero-order valence-corrected chi connectivity index (χ0v) is 10.8. The molecule has 0 aliphatic rings. The molecule has 0 aliphatic heterocycles. The monoisotopic (exact) mass is 266 g/mol. The summed E-state index contributed by atoms with van der Waals surface area (Å²) in [5.41, 5.74) is 10.8. The number of H-pyrrole nitrogens is 1. The Morgan fingerprint density at radius 3 is 2.60 bits per heavy atom. The fourth-order valence-corrected chi connectivity index (χ4v) is 2.74. The molecule has 0 aliphatic carbocycles. The summed E-state index contributed by atoms with van der Waals surface area (Å²) in [6.45, 7) is 6.20. The van der Waals surface area contributed by atoms with Crippen molar-refractivity contribution in [3.05, 3.63) is 33.4 Å². The highest BCUT2D eigenvalue weighted by Crippen LogP contribution is 2.31. The van der Waals surface area contributed by atoms with Crippen LogP contribution in [0.3, 0.4) is 0 Å². The van der Waals surface area contributed by atoms with Gasteiger partial charge in [0.25, 0.3) is 0 Å². The van der Waals surface area contributed by atoms with E-state index in [1.54, 1.807) is 0 Å². The first-order valence-corrected chi connectivity index (χ1v) is 5.84. The van der Waals surface area contributed by atoms with Gasteiger partial charge in [-0.15, -0.1) is 0 Å². The smallest absolute Gasteiger partial charge is 0.0489 e. The first kappa shape index (κ1) is 10.7. The van der Waals surface area contributed by atoms with Crippen molar-refractivity contribution in [3.8, 4) is 0 Å². The van der Waals surface area contributed by atoms with Gasteiger partial charge in [-0.05, 0) is 44.0 Å². The molecule has 1 aromatic heterocycles. The van der Waals surface area contributed by atoms with Crippen LogP contribution in [0, 0.1) is 13.8 Å². The van der Waals surface area contributed by atoms with Gasteiger partial charge >= 0.3 is 0 Å². The fraction of sp³-hybridized carbons (Fsp3) is 0.333. The quantitative estimate of drug-likeness (QED) is 0.814. The molecule has 15 heavy (non-hydrogen) atoms. The second-order valence-corrected chi connectivity index (χ2v) is 5.01. The summed E-state index contributed by atoms with van der Waals surface area (Å²) in [5, 5.41) is 1.23. The second kappa shape index (κ2) is 3.65. The van der Waals surface area contributed by atoms with Crippen molar-refractivity contribution in [1.82, 2.24) is 4.98 Å². The van der Waals surface area contributed by atoms with Crippen molar-refractivity contribution < 1.29 is 0 Å². The number of nitrogens with two attached hydrogens (primary N) is 1. The van der Waals surface area contributed by atoms with Crippen molar-refractivity contribution in [2.45, 2.75) is 26.8 Å². The fourth-order valence-electron chi connectivity index (χ4n) is 2.17. The first-order chi connectivity index (χ1) is 7.00. The van der Waals surface area contributed by atoms with Crippen molar-refractivity contribution in [3.63, 3.8) is 0 Å². The molecule has 0 radical (unpaired) electrons. The number of rotatable bonds is 1. The zero-order chi connectivity index (χ0) is 11.2. The van der Waals surface area contributed by atoms with Gasteiger partial charge in [0, 0.05) is 27.1 Å². The maximum Gasteiger partial charge on any atom is 0.0489 e. The Morgan fingerprint density at radius 2 is 2.00 bits per heavy atom. The SMILES string of the molecule is Cc1[nH]c2c(C)cc(Br)cc2c1C(C)N. The molecule has 0 fully saturated rings. The molecule has 3 N–H and O–H groups in total. The lowest BCUT2D eigenvalue weighted by molar-refractivity contribution is 0.816. The summed E-state index contributed by atoms with van der Waals surface area (Å²) in [6.07, 6.45) is 0. The molecule has 2 aromatic rings. The maximum atomic E-state index is 5.99. The van der Waals surface area contributed by atoms with E-state index in [1.165, 1.54) is 27.7 Å². The predicted octanol–water partition coefficient (Wildman–Crippen LogP) is 3.57. The van der Waals surface area contributed by atoms with Crippen LogP contribution < -0.4 is 5.73 Å². The van der Waals surface area contributed by atoms with Gasteiger partial charge in [-0.3, -0.25) is 0 Å². The highest BCUT2D eigenvalue weighted by atomic mass is 79.9. The average Bonchev–Trinajstić information content (AvgIpc) is 2.41. The molecule has 2 nitrogen and oxygen atoms in total. The number of aryl methyl sites for hydroxylation is 2. The Labute approximate surface area is 98.0 Å². The van der Waals surface area contributed by atoms with E-state index in [4.69, 9.17) is 5.73 Å². The molecule has 80 valence electrons. The van der Waals surface area contributed by atoms with Crippen LogP contribution in [0.15, 0.2) is 16.6 Å². The molecule has 3 heteroatoms. The van der Waals surface area contributed by atoms with Crippen LogP contribution in [0.5, 0.6) is 0 Å². The maximum absolute atomic E-state index is 5.99. The van der Waals surface area contributed by atoms with Crippen molar-refractivity contribution in [2.24, 2.45) is 5.73 Å². The van der Waals surface area contributed by atoms with Crippen molar-refractivity contribution in [1.29, 1.82) is 0 Å². The Bertz CT molecular complexity index is 512. The first-order valence-electron chi connectivity index (χ1n) is 5.04. The number of aromatic nitrogens is 1. The lowest BCUT2D eigenvalue weighted by Gasteiger charge is -2.05. The number of halogens is 1. The van der Waals surface area contributed by atoms with Gasteiger partial charge in [0.15, 0.2) is 0 Å². The molecule has 0 saturated heterocycles. The van der Waals surface area contributed by atoms with Gasteiger partial charge in [0.2, 0.25) is 0 Å². The van der Waals surface area contributed by atoms with Crippen LogP contribution in [0.25, 0.3) is 10.9 Å². The third-order valence-corrected chi connectivity index (χ3v) is 3.22. The van der Waals surface area contributed by atoms with E-state index in [2.05, 4.69) is 46.9 Å². The Balaban J connectivity index is 2.86. The minimum absolute atomic E-state index is 0.0625. The Morgan fingerprint density at radius 1 is 1.33 bits per heavy atom. The average molecular weight is 267 g/mol. The summed E-state index contributed by atoms with van der Waals surface area (Å²) < 4.78 is 1.11. The second-order valence-electron chi connectivity index (χ2n) is 4.10. The Kier molecular flexibility index (Phi) is 2.61. The van der Waals surface area contributed by atoms with Crippen LogP contribution in [-0.2, 0) is 0 Å². The van der Waals surface area contributed by atoms with Crippen molar-refractivity contribution >= 4 is 26.8 Å². The number of benzene rings is 1. The van der Waals surface area contributed by atoms with E-state index in [0.717, 1.165) is 4.47 Å². The zero-order valence-electron chi connectivity index (χ0n) is 9.19. The molecule has 1 atom stereocenters. The van der Waals surface area contributed by atoms with Crippen LogP contribution >= 0.6 is 15.9 Å². The highest BCUT2D eigenvalue weighted by molar-refractivity contribution is 9.10. The Hall–Kier alpha value is -0.800. The molecule has 1 aromatic carbocycles. The van der Waals surface area contributed by atoms with E-state index in [9.17, 15) is 0 Å². The molecule has 2 rings (SSSR count). The van der Waals surface area contributed by atoms with E-state index < -0.39 is 0 Å². The third kappa shape index (κ3) is 1.70. The van der Waals surface area contributed by atoms with Gasteiger partial charge in [0.05, 0.1) is 0 Å². The largest absolute Gasteiger partial charge is 0.358 e. The number of hydrogen-bond donors (Lipinski definition) is 2. The summed E-state index contributed by atoms with van der Waals surface area (Å²) in [4.78, 5) is 3.40. The lowest BCUT2D eigenvalue weighted by Crippen LogP contribution is -2.05. The van der Waals surface area contributed by atoms with E-state index in [-0.39, 0.29) is 6.04 Å². The van der Waals surface area contributed by atoms with Gasteiger partial charge in [-0.25, -0.2) is 0 Å². The van der Waals surface area contributed by atoms with Crippen LogP contribution in [0.4, 0.5) is 0 Å². The number of hydrogen-bond acceptors (Lipinski definition) is 1. The molecule has 0 bridgehead atoms. The number of aromatic amines is 1. The lowest BCUT2D eigenvalue weighted by atomic mass is 10.0. The van der Waals surface area contributed by atoms with Gasteiger partial charge in [-0.1, -0.05) is 15.9 Å². The summed E-state index contributed by atoms with van der Waals surface area (Å²) >= 11 is 3.52. The predicted molar refractivity (Wildman–Crippen MR) is 68.1 cm³/mol. The topological polar surface area (TPSA) is 41.8 Å². The standard InChI is InChI=1S/C12H15BrN2/c1-6-4-9(13)5-10-11(7(2)14)8(3)15-12(6)10/h4-5,7,15H,14H2,1-3H3. The van der Waals surface area contributed by atoms with E-state index >= 15 is 0 Å². The molecule has 1 unspecified atom stereocenters. The molecule has 1 heterocycles. The van der Waals surface area contributed by atoms with Crippen LogP contribution in [0.1, 0.15) is 29.8 Å². The molecule has 0 spiro atoms. The molecular formula is C12H15BrN2. The van der Waals surface area contributed by atoms with Crippen molar-refractivity contribution in [2.75, 3.05) is 0 Å². The van der Waals surface area contributed by atoms with E-state index in [1.807, 2.05) is 6.92 Å². The summed E-state index contributed by atoms with van der Waals surface area (Å²) in [5.74, 6) is 0. The molecule has 0 amide bonds. The van der Waals surface area contributed by atoms with Gasteiger partial charge in [0.1, 0.15) is 0 Å². The molecule has 0 saturated carbocycles. The van der Waals surface area contributed by atoms with E-state index in [0.29, 0.717) is 0 Å². The normalized spacial score (nSPS) is 13.4. The molecular weight excluding hydrogens is 252 g/mol. The summed E-state index contributed by atoms with van der Waals surface area (Å²) in [6, 6.07) is 4.31. The van der Waals surface area contributed by atoms with Gasteiger partial charge < -0.3 is 10.7 Å². The number of nitrogens with one attached hydrogen (secondary N) is 1. The minimum atomic E-state index is 0.0625. The highest BCUT2D eigenvalue weighted by Gasteiger charge is 2.13. The van der Waals surface area contributed by atoms with Crippen LogP contribution in [-0.4, -0.2) is 4.98 Å².